The van der Waals surface area contributed by atoms with E-state index < -0.39 is 17.5 Å². The third-order valence-electron chi connectivity index (χ3n) is 4.32. The molecule has 1 fully saturated rings. The first-order valence-corrected chi connectivity index (χ1v) is 7.76. The maximum absolute atomic E-state index is 13.5. The molecule has 2 aromatic rings. The third kappa shape index (κ3) is 4.14. The number of hydrogen-bond donors (Lipinski definition) is 2. The normalized spacial score (nSPS) is 19.4. The van der Waals surface area contributed by atoms with E-state index in [9.17, 15) is 18.0 Å². The van der Waals surface area contributed by atoms with Crippen LogP contribution in [-0.2, 0) is 4.79 Å². The maximum Gasteiger partial charge on any atom is 0.227 e. The molecule has 2 atom stereocenters. The van der Waals surface area contributed by atoms with E-state index >= 15 is 0 Å². The topological polar surface area (TPSA) is 55.1 Å². The van der Waals surface area contributed by atoms with Crippen LogP contribution in [0, 0.1) is 23.4 Å². The molecule has 0 radical (unpaired) electrons. The lowest BCUT2D eigenvalue weighted by Gasteiger charge is -2.15. The lowest BCUT2D eigenvalue weighted by molar-refractivity contribution is -0.119. The second-order valence-corrected chi connectivity index (χ2v) is 6.06. The van der Waals surface area contributed by atoms with Crippen molar-refractivity contribution in [1.82, 2.24) is 0 Å². The molecule has 0 aromatic heterocycles. The summed E-state index contributed by atoms with van der Waals surface area (Å²) < 4.78 is 40.1. The Morgan fingerprint density at radius 3 is 2.32 bits per heavy atom. The second kappa shape index (κ2) is 7.89. The molecule has 1 saturated carbocycles. The summed E-state index contributed by atoms with van der Waals surface area (Å²) in [5, 5.41) is 2.79. The van der Waals surface area contributed by atoms with E-state index in [1.165, 1.54) is 0 Å². The minimum Gasteiger partial charge on any atom is -0.328 e. The van der Waals surface area contributed by atoms with Crippen molar-refractivity contribution in [2.75, 3.05) is 5.32 Å². The van der Waals surface area contributed by atoms with Crippen LogP contribution in [0.15, 0.2) is 36.4 Å². The Hall–Kier alpha value is -2.05. The molecule has 1 aliphatic rings. The van der Waals surface area contributed by atoms with Crippen LogP contribution in [0.5, 0.6) is 0 Å². The van der Waals surface area contributed by atoms with Crippen LogP contribution in [0.25, 0.3) is 11.1 Å². The van der Waals surface area contributed by atoms with Crippen LogP contribution in [0.2, 0.25) is 0 Å². The number of carbonyl (C=O) groups excluding carboxylic acids is 1. The molecule has 3 rings (SSSR count). The predicted molar refractivity (Wildman–Crippen MR) is 92.9 cm³/mol. The molecule has 2 unspecified atom stereocenters. The number of para-hydroxylation sites is 1. The predicted octanol–water partition coefficient (Wildman–Crippen LogP) is 4.26. The van der Waals surface area contributed by atoms with Crippen LogP contribution >= 0.6 is 12.4 Å². The average molecular weight is 371 g/mol. The molecule has 25 heavy (non-hydrogen) atoms. The minimum atomic E-state index is -1.51. The molecule has 0 saturated heterocycles. The van der Waals surface area contributed by atoms with E-state index in [2.05, 4.69) is 5.32 Å². The zero-order valence-electron chi connectivity index (χ0n) is 13.3. The Morgan fingerprint density at radius 2 is 1.72 bits per heavy atom. The lowest BCUT2D eigenvalue weighted by atomic mass is 10.0. The van der Waals surface area contributed by atoms with Gasteiger partial charge in [0.1, 0.15) is 0 Å². The third-order valence-corrected chi connectivity index (χ3v) is 4.32. The molecule has 0 heterocycles. The van der Waals surface area contributed by atoms with Crippen LogP contribution < -0.4 is 11.1 Å². The average Bonchev–Trinajstić information content (AvgIpc) is 2.99. The fourth-order valence-electron chi connectivity index (χ4n) is 3.04. The van der Waals surface area contributed by atoms with E-state index in [0.29, 0.717) is 17.7 Å². The van der Waals surface area contributed by atoms with Gasteiger partial charge in [-0.25, -0.2) is 13.2 Å². The number of benzene rings is 2. The maximum atomic E-state index is 13.5. The van der Waals surface area contributed by atoms with Crippen molar-refractivity contribution in [3.05, 3.63) is 53.8 Å². The Labute approximate surface area is 149 Å². The smallest absolute Gasteiger partial charge is 0.227 e. The summed E-state index contributed by atoms with van der Waals surface area (Å²) in [5.74, 6) is -4.39. The van der Waals surface area contributed by atoms with Gasteiger partial charge < -0.3 is 11.1 Å². The van der Waals surface area contributed by atoms with E-state index in [1.807, 2.05) is 0 Å². The molecule has 0 bridgehead atoms. The largest absolute Gasteiger partial charge is 0.328 e. The number of amides is 1. The van der Waals surface area contributed by atoms with Crippen molar-refractivity contribution in [1.29, 1.82) is 0 Å². The number of nitrogens with two attached hydrogens (primary N) is 1. The van der Waals surface area contributed by atoms with Crippen molar-refractivity contribution in [2.45, 2.75) is 25.3 Å². The summed E-state index contributed by atoms with van der Waals surface area (Å²) in [6.45, 7) is 0. The highest BCUT2D eigenvalue weighted by molar-refractivity contribution is 5.97. The number of anilines is 1. The van der Waals surface area contributed by atoms with Gasteiger partial charge in [0.15, 0.2) is 17.5 Å². The molecule has 7 heteroatoms. The molecule has 134 valence electrons. The summed E-state index contributed by atoms with van der Waals surface area (Å²) in [5.41, 5.74) is 6.83. The SMILES string of the molecule is Cl.NC1CCC(C(=O)Nc2ccccc2-c2cc(F)c(F)c(F)c2)C1. The van der Waals surface area contributed by atoms with E-state index in [-0.39, 0.29) is 35.8 Å². The Balaban J connectivity index is 0.00000225. The van der Waals surface area contributed by atoms with Crippen LogP contribution in [0.1, 0.15) is 19.3 Å². The van der Waals surface area contributed by atoms with Crippen molar-refractivity contribution < 1.29 is 18.0 Å². The first-order chi connectivity index (χ1) is 11.5. The molecule has 0 aliphatic heterocycles. The van der Waals surface area contributed by atoms with E-state index in [4.69, 9.17) is 5.73 Å². The number of hydrogen-bond acceptors (Lipinski definition) is 2. The molecule has 2 aromatic carbocycles. The van der Waals surface area contributed by atoms with Crippen molar-refractivity contribution in [2.24, 2.45) is 11.7 Å². The molecule has 3 nitrogen and oxygen atoms in total. The summed E-state index contributed by atoms with van der Waals surface area (Å²) in [4.78, 5) is 12.4. The van der Waals surface area contributed by atoms with Crippen LogP contribution in [0.3, 0.4) is 0 Å². The highest BCUT2D eigenvalue weighted by atomic mass is 35.5. The van der Waals surface area contributed by atoms with Gasteiger partial charge in [-0.05, 0) is 43.0 Å². The number of carbonyl (C=O) groups is 1. The van der Waals surface area contributed by atoms with Crippen molar-refractivity contribution in [3.63, 3.8) is 0 Å². The minimum absolute atomic E-state index is 0. The van der Waals surface area contributed by atoms with Gasteiger partial charge in [0, 0.05) is 23.2 Å². The van der Waals surface area contributed by atoms with Gasteiger partial charge in [0.2, 0.25) is 5.91 Å². The summed E-state index contributed by atoms with van der Waals surface area (Å²) in [6.07, 6.45) is 2.14. The molecular formula is C18H18ClF3N2O. The molecular weight excluding hydrogens is 353 g/mol. The molecule has 3 N–H and O–H groups in total. The zero-order valence-corrected chi connectivity index (χ0v) is 14.1. The van der Waals surface area contributed by atoms with Gasteiger partial charge in [0.25, 0.3) is 0 Å². The number of halogens is 4. The first-order valence-electron chi connectivity index (χ1n) is 7.76. The van der Waals surface area contributed by atoms with Crippen LogP contribution in [-0.4, -0.2) is 11.9 Å². The fourth-order valence-corrected chi connectivity index (χ4v) is 3.04. The zero-order chi connectivity index (χ0) is 17.3. The quantitative estimate of drug-likeness (QED) is 0.793. The number of rotatable bonds is 3. The first kappa shape index (κ1) is 19.3. The van der Waals surface area contributed by atoms with E-state index in [1.54, 1.807) is 24.3 Å². The Bertz CT molecular complexity index is 762. The monoisotopic (exact) mass is 370 g/mol. The fraction of sp³-hybridized carbons (Fsp3) is 0.278. The molecule has 1 amide bonds. The van der Waals surface area contributed by atoms with Gasteiger partial charge in [-0.3, -0.25) is 4.79 Å². The van der Waals surface area contributed by atoms with Crippen molar-refractivity contribution in [3.8, 4) is 11.1 Å². The van der Waals surface area contributed by atoms with Gasteiger partial charge in [-0.1, -0.05) is 18.2 Å². The van der Waals surface area contributed by atoms with Crippen LogP contribution in [0.4, 0.5) is 18.9 Å². The molecule has 1 aliphatic carbocycles. The van der Waals surface area contributed by atoms with Crippen molar-refractivity contribution >= 4 is 24.0 Å². The van der Waals surface area contributed by atoms with Gasteiger partial charge in [-0.15, -0.1) is 12.4 Å². The second-order valence-electron chi connectivity index (χ2n) is 6.06. The van der Waals surface area contributed by atoms with E-state index in [0.717, 1.165) is 25.0 Å². The number of nitrogens with one attached hydrogen (secondary N) is 1. The highest BCUT2D eigenvalue weighted by Crippen LogP contribution is 2.32. The standard InChI is InChI=1S/C18H17F3N2O.ClH/c19-14-8-11(9-15(20)17(14)21)13-3-1-2-4-16(13)23-18(24)10-5-6-12(22)7-10;/h1-4,8-10,12H,5-7,22H2,(H,23,24);1H. The van der Waals surface area contributed by atoms with Gasteiger partial charge in [0.05, 0.1) is 0 Å². The lowest BCUT2D eigenvalue weighted by Crippen LogP contribution is -2.23. The Morgan fingerprint density at radius 1 is 1.08 bits per heavy atom. The highest BCUT2D eigenvalue weighted by Gasteiger charge is 2.28. The summed E-state index contributed by atoms with van der Waals surface area (Å²) in [6, 6.07) is 8.48. The Kier molecular flexibility index (Phi) is 6.08. The molecule has 0 spiro atoms. The summed E-state index contributed by atoms with van der Waals surface area (Å²) >= 11 is 0. The van der Waals surface area contributed by atoms with Gasteiger partial charge in [-0.2, -0.15) is 0 Å². The van der Waals surface area contributed by atoms with Gasteiger partial charge >= 0.3 is 0 Å². The summed E-state index contributed by atoms with van der Waals surface area (Å²) in [7, 11) is 0.